The minimum atomic E-state index is -0.684. The van der Waals surface area contributed by atoms with E-state index in [1.54, 1.807) is 23.0 Å². The summed E-state index contributed by atoms with van der Waals surface area (Å²) in [7, 11) is 0. The molecule has 2 aliphatic heterocycles. The number of ether oxygens (including phenoxy) is 2. The topological polar surface area (TPSA) is 155 Å². The van der Waals surface area contributed by atoms with Crippen LogP contribution >= 0.6 is 0 Å². The smallest absolute Gasteiger partial charge is 0.252 e. The molecule has 198 valence electrons. The Labute approximate surface area is 225 Å². The molecule has 11 heteroatoms. The van der Waals surface area contributed by atoms with Crippen molar-refractivity contribution in [3.63, 3.8) is 0 Å². The van der Waals surface area contributed by atoms with Crippen molar-refractivity contribution in [1.29, 1.82) is 5.26 Å². The number of anilines is 3. The number of nitriles is 1. The van der Waals surface area contributed by atoms with Crippen LogP contribution in [0.2, 0.25) is 0 Å². The maximum absolute atomic E-state index is 12.2. The highest BCUT2D eigenvalue weighted by Gasteiger charge is 2.49. The lowest BCUT2D eigenvalue weighted by molar-refractivity contribution is -0.455. The molecule has 1 aromatic heterocycles. The van der Waals surface area contributed by atoms with Gasteiger partial charge in [0, 0.05) is 30.2 Å². The van der Waals surface area contributed by atoms with E-state index in [1.165, 1.54) is 6.20 Å². The summed E-state index contributed by atoms with van der Waals surface area (Å²) in [5.41, 5.74) is 8.33. The quantitative estimate of drug-likeness (QED) is 0.468. The number of carbonyl (C=O) groups excluding carboxylic acids is 2. The second kappa shape index (κ2) is 10.1. The van der Waals surface area contributed by atoms with Gasteiger partial charge in [0.25, 0.3) is 5.91 Å². The molecule has 11 nitrogen and oxygen atoms in total. The second-order valence-corrected chi connectivity index (χ2v) is 10.1. The fraction of sp³-hybridized carbons (Fsp3) is 0.357. The van der Waals surface area contributed by atoms with E-state index in [1.807, 2.05) is 24.5 Å². The zero-order chi connectivity index (χ0) is 27.0. The van der Waals surface area contributed by atoms with E-state index in [4.69, 9.17) is 15.2 Å². The standard InChI is InChI=1S/C28H27N7O4/c29-12-21-20(18-13-32-35(15-18)16-19-3-2-8-28(19)38-9-10-39-28)4-1-5-23(21)33-24-11-25(31-14-22(24)26(30)36)34-27(37)17-6-7-17/h1,4-5,11,13-17,19H,2-3,6-10H2,(H3-,30,31,33,34,36,37)/p+1/b35-16-. The summed E-state index contributed by atoms with van der Waals surface area (Å²) in [5.74, 6) is -0.972. The van der Waals surface area contributed by atoms with Crippen LogP contribution in [0, 0.1) is 23.2 Å². The maximum atomic E-state index is 12.2. The number of hydrogen-bond donors (Lipinski definition) is 3. The van der Waals surface area contributed by atoms with Crippen LogP contribution in [0.25, 0.3) is 5.57 Å². The largest absolute Gasteiger partial charge is 0.365 e. The van der Waals surface area contributed by atoms with Crippen LogP contribution in [0.3, 0.4) is 0 Å². The highest BCUT2D eigenvalue weighted by atomic mass is 16.7. The number of amides is 2. The van der Waals surface area contributed by atoms with Gasteiger partial charge in [0.2, 0.25) is 12.1 Å². The number of rotatable bonds is 7. The summed E-state index contributed by atoms with van der Waals surface area (Å²) >= 11 is 0. The predicted molar refractivity (Wildman–Crippen MR) is 143 cm³/mol. The number of pyridine rings is 1. The van der Waals surface area contributed by atoms with Crippen molar-refractivity contribution in [3.8, 4) is 6.07 Å². The number of carbonyl (C=O) groups is 2. The molecule has 2 aromatic rings. The third kappa shape index (κ3) is 4.92. The van der Waals surface area contributed by atoms with E-state index >= 15 is 0 Å². The summed E-state index contributed by atoms with van der Waals surface area (Å²) in [4.78, 5) is 28.5. The molecule has 2 amide bonds. The van der Waals surface area contributed by atoms with Gasteiger partial charge in [-0.3, -0.25) is 9.59 Å². The number of benzene rings is 1. The fourth-order valence-electron chi connectivity index (χ4n) is 5.29. The monoisotopic (exact) mass is 526 g/mol. The lowest BCUT2D eigenvalue weighted by Crippen LogP contribution is -2.36. The molecule has 1 spiro atoms. The van der Waals surface area contributed by atoms with Gasteiger partial charge >= 0.3 is 0 Å². The van der Waals surface area contributed by atoms with Gasteiger partial charge in [-0.2, -0.15) is 5.26 Å². The van der Waals surface area contributed by atoms with E-state index in [0.717, 1.165) is 37.7 Å². The Balaban J connectivity index is 1.28. The molecule has 4 N–H and O–H groups in total. The van der Waals surface area contributed by atoms with E-state index in [2.05, 4.69) is 26.8 Å². The summed E-state index contributed by atoms with van der Waals surface area (Å²) < 4.78 is 13.7. The molecule has 2 aliphatic carbocycles. The predicted octanol–water partition coefficient (Wildman–Crippen LogP) is 3.11. The Morgan fingerprint density at radius 1 is 1.21 bits per heavy atom. The molecule has 1 aromatic carbocycles. The summed E-state index contributed by atoms with van der Waals surface area (Å²) in [6.45, 7) is 1.20. The molecule has 1 saturated heterocycles. The molecule has 6 rings (SSSR count). The Kier molecular flexibility index (Phi) is 6.42. The van der Waals surface area contributed by atoms with Crippen molar-refractivity contribution in [2.24, 2.45) is 22.7 Å². The third-order valence-corrected chi connectivity index (χ3v) is 7.44. The molecular formula is C28H28N7O4+. The number of allylic oxidation sites excluding steroid dienone is 1. The van der Waals surface area contributed by atoms with E-state index in [0.29, 0.717) is 41.5 Å². The van der Waals surface area contributed by atoms with Crippen LogP contribution in [-0.2, 0) is 14.3 Å². The molecule has 0 radical (unpaired) electrons. The maximum Gasteiger partial charge on any atom is 0.252 e. The summed E-state index contributed by atoms with van der Waals surface area (Å²) in [5, 5.41) is 20.6. The molecule has 3 fully saturated rings. The number of nitrogens with one attached hydrogen (secondary N) is 2. The molecule has 0 bridgehead atoms. The van der Waals surface area contributed by atoms with Crippen molar-refractivity contribution in [2.45, 2.75) is 37.9 Å². The number of aromatic nitrogens is 1. The van der Waals surface area contributed by atoms with Crippen LogP contribution in [0.1, 0.15) is 53.6 Å². The van der Waals surface area contributed by atoms with Crippen molar-refractivity contribution >= 4 is 47.0 Å². The molecule has 1 atom stereocenters. The zero-order valence-corrected chi connectivity index (χ0v) is 21.2. The van der Waals surface area contributed by atoms with Gasteiger partial charge in [0.05, 0.1) is 47.2 Å². The fourth-order valence-corrected chi connectivity index (χ4v) is 5.29. The first kappa shape index (κ1) is 24.9. The van der Waals surface area contributed by atoms with Gasteiger partial charge in [-0.1, -0.05) is 16.8 Å². The molecule has 3 heterocycles. The van der Waals surface area contributed by atoms with Gasteiger partial charge in [0.1, 0.15) is 18.1 Å². The number of hydrogen-bond acceptors (Lipinski definition) is 8. The number of nitrogens with two attached hydrogens (primary N) is 1. The molecule has 39 heavy (non-hydrogen) atoms. The van der Waals surface area contributed by atoms with Crippen LogP contribution in [0.5, 0.6) is 0 Å². The Hall–Kier alpha value is -4.40. The Morgan fingerprint density at radius 3 is 2.77 bits per heavy atom. The normalized spacial score (nSPS) is 22.2. The van der Waals surface area contributed by atoms with Crippen molar-refractivity contribution in [3.05, 3.63) is 53.4 Å². The van der Waals surface area contributed by atoms with Crippen molar-refractivity contribution in [2.75, 3.05) is 23.8 Å². The van der Waals surface area contributed by atoms with Crippen LogP contribution in [0.15, 0.2) is 41.8 Å². The SMILES string of the molecule is N#Cc1c(Nc2cc(NC(=O)C3CC3)ncc2C(N)=O)cccc1C1=C/[N+](=C/C2CCCC23OCCO3)N=C1. The van der Waals surface area contributed by atoms with E-state index in [-0.39, 0.29) is 23.3 Å². The molecule has 4 aliphatic rings. The number of nitrogens with zero attached hydrogens (tertiary/aromatic N) is 4. The van der Waals surface area contributed by atoms with Crippen LogP contribution in [0.4, 0.5) is 17.2 Å². The first-order valence-corrected chi connectivity index (χ1v) is 13.0. The summed E-state index contributed by atoms with van der Waals surface area (Å²) in [6, 6.07) is 9.21. The van der Waals surface area contributed by atoms with Crippen LogP contribution in [-0.4, -0.2) is 52.9 Å². The minimum absolute atomic E-state index is 0.00326. The van der Waals surface area contributed by atoms with Crippen molar-refractivity contribution < 1.29 is 23.7 Å². The number of primary amides is 1. The first-order chi connectivity index (χ1) is 19.0. The zero-order valence-electron chi connectivity index (χ0n) is 21.2. The lowest BCUT2D eigenvalue weighted by Gasteiger charge is -2.24. The van der Waals surface area contributed by atoms with E-state index < -0.39 is 11.7 Å². The lowest BCUT2D eigenvalue weighted by atomic mass is 10.00. The third-order valence-electron chi connectivity index (χ3n) is 7.44. The van der Waals surface area contributed by atoms with Crippen LogP contribution < -0.4 is 16.4 Å². The second-order valence-electron chi connectivity index (χ2n) is 10.1. The van der Waals surface area contributed by atoms with Crippen molar-refractivity contribution in [1.82, 2.24) is 4.98 Å². The summed E-state index contributed by atoms with van der Waals surface area (Å²) in [6.07, 6.45) is 11.5. The first-order valence-electron chi connectivity index (χ1n) is 13.0. The van der Waals surface area contributed by atoms with Gasteiger partial charge in [-0.25, -0.2) is 4.98 Å². The average molecular weight is 527 g/mol. The molecule has 1 unspecified atom stereocenters. The van der Waals surface area contributed by atoms with Gasteiger partial charge in [0.15, 0.2) is 12.0 Å². The Morgan fingerprint density at radius 2 is 2.03 bits per heavy atom. The van der Waals surface area contributed by atoms with Gasteiger partial charge in [-0.15, -0.1) is 0 Å². The Bertz CT molecular complexity index is 1470. The van der Waals surface area contributed by atoms with Gasteiger partial charge in [-0.05, 0) is 36.9 Å². The number of hydrazone groups is 1. The highest BCUT2D eigenvalue weighted by Crippen LogP contribution is 2.41. The molecule has 2 saturated carbocycles. The average Bonchev–Trinajstić information content (AvgIpc) is 3.30. The molecular weight excluding hydrogens is 498 g/mol. The van der Waals surface area contributed by atoms with E-state index in [9.17, 15) is 14.9 Å². The highest BCUT2D eigenvalue weighted by molar-refractivity contribution is 6.11. The minimum Gasteiger partial charge on any atom is -0.365 e. The van der Waals surface area contributed by atoms with Gasteiger partial charge < -0.3 is 25.8 Å².